The van der Waals surface area contributed by atoms with Crippen LogP contribution in [-0.2, 0) is 15.5 Å². The number of rotatable bonds is 23. The van der Waals surface area contributed by atoms with Crippen molar-refractivity contribution in [3.05, 3.63) is 42.0 Å². The van der Waals surface area contributed by atoms with E-state index >= 15 is 0 Å². The second-order valence-electron chi connectivity index (χ2n) is 9.43. The first kappa shape index (κ1) is 30.9. The topological polar surface area (TPSA) is 55.8 Å². The third-order valence-corrected chi connectivity index (χ3v) is 7.07. The van der Waals surface area contributed by atoms with Gasteiger partial charge in [0.2, 0.25) is 0 Å². The van der Waals surface area contributed by atoms with E-state index in [-0.39, 0.29) is 6.61 Å². The van der Waals surface area contributed by atoms with E-state index in [0.717, 1.165) is 32.1 Å². The van der Waals surface area contributed by atoms with Gasteiger partial charge in [-0.05, 0) is 62.6 Å². The number of aryl methyl sites for hydroxylation is 1. The van der Waals surface area contributed by atoms with Crippen LogP contribution in [0.15, 0.2) is 36.4 Å². The number of hydrogen-bond acceptors (Lipinski definition) is 3. The first-order chi connectivity index (χ1) is 16.6. The van der Waals surface area contributed by atoms with E-state index in [1.807, 2.05) is 12.1 Å². The molecule has 0 saturated heterocycles. The maximum absolute atomic E-state index is 12.1. The van der Waals surface area contributed by atoms with E-state index < -0.39 is 7.82 Å². The summed E-state index contributed by atoms with van der Waals surface area (Å²) < 4.78 is 22.5. The van der Waals surface area contributed by atoms with Crippen LogP contribution in [0.3, 0.4) is 0 Å². The van der Waals surface area contributed by atoms with Crippen molar-refractivity contribution in [1.29, 1.82) is 0 Å². The molecular weight excluding hydrogens is 443 g/mol. The summed E-state index contributed by atoms with van der Waals surface area (Å²) in [6, 6.07) is 7.40. The summed E-state index contributed by atoms with van der Waals surface area (Å²) in [5.41, 5.74) is 1.22. The molecule has 0 saturated carbocycles. The second kappa shape index (κ2) is 21.2. The summed E-state index contributed by atoms with van der Waals surface area (Å²) in [4.78, 5) is 9.94. The van der Waals surface area contributed by atoms with E-state index in [9.17, 15) is 9.46 Å². The van der Waals surface area contributed by atoms with Gasteiger partial charge in [-0.25, -0.2) is 4.57 Å². The molecule has 0 radical (unpaired) electrons. The molecule has 0 aliphatic heterocycles. The third kappa shape index (κ3) is 18.3. The molecular formula is C29H51O4P. The van der Waals surface area contributed by atoms with Crippen molar-refractivity contribution in [3.63, 3.8) is 0 Å². The van der Waals surface area contributed by atoms with Crippen LogP contribution >= 0.6 is 7.82 Å². The maximum atomic E-state index is 12.1. The molecule has 0 spiro atoms. The van der Waals surface area contributed by atoms with Gasteiger partial charge in [0.1, 0.15) is 5.75 Å². The highest BCUT2D eigenvalue weighted by atomic mass is 31.2. The van der Waals surface area contributed by atoms with E-state index in [4.69, 9.17) is 9.05 Å². The van der Waals surface area contributed by atoms with E-state index in [1.165, 1.54) is 89.0 Å². The molecule has 0 aliphatic carbocycles. The molecule has 4 nitrogen and oxygen atoms in total. The first-order valence-electron chi connectivity index (χ1n) is 14.0. The standard InChI is InChI=1S/C29H51O4P/c1-3-5-7-8-9-10-11-12-13-14-15-16-17-18-19-21-27-32-34(30,31)33-29-25-23-28(24-26-29)22-20-6-4-2/h12-13,23-26H,3-11,14-22,27H2,1-2H3,(H,30,31)/b13-12-. The first-order valence-corrected chi connectivity index (χ1v) is 15.5. The number of unbranched alkanes of at least 4 members (excludes halogenated alkanes) is 14. The summed E-state index contributed by atoms with van der Waals surface area (Å²) in [5, 5.41) is 0. The zero-order valence-electron chi connectivity index (χ0n) is 22.0. The van der Waals surface area contributed by atoms with Gasteiger partial charge in [-0.3, -0.25) is 9.42 Å². The Kier molecular flexibility index (Phi) is 19.3. The molecule has 0 aliphatic rings. The van der Waals surface area contributed by atoms with Gasteiger partial charge in [0.15, 0.2) is 0 Å². The molecule has 1 N–H and O–H groups in total. The summed E-state index contributed by atoms with van der Waals surface area (Å²) in [6.07, 6.45) is 26.6. The Morgan fingerprint density at radius 1 is 0.706 bits per heavy atom. The van der Waals surface area contributed by atoms with Crippen LogP contribution in [-0.4, -0.2) is 11.5 Å². The average Bonchev–Trinajstić information content (AvgIpc) is 2.82. The second-order valence-corrected chi connectivity index (χ2v) is 10.8. The van der Waals surface area contributed by atoms with Crippen LogP contribution in [0.2, 0.25) is 0 Å². The lowest BCUT2D eigenvalue weighted by Gasteiger charge is -2.13. The van der Waals surface area contributed by atoms with Crippen LogP contribution in [0.25, 0.3) is 0 Å². The zero-order chi connectivity index (χ0) is 24.7. The van der Waals surface area contributed by atoms with E-state index in [0.29, 0.717) is 5.75 Å². The van der Waals surface area contributed by atoms with Crippen LogP contribution in [0.4, 0.5) is 0 Å². The Bertz CT molecular complexity index is 657. The lowest BCUT2D eigenvalue weighted by atomic mass is 10.1. The molecule has 0 aromatic heterocycles. The monoisotopic (exact) mass is 494 g/mol. The van der Waals surface area contributed by atoms with Gasteiger partial charge in [0, 0.05) is 0 Å². The Morgan fingerprint density at radius 3 is 1.79 bits per heavy atom. The van der Waals surface area contributed by atoms with Crippen molar-refractivity contribution in [1.82, 2.24) is 0 Å². The molecule has 0 heterocycles. The molecule has 0 amide bonds. The van der Waals surface area contributed by atoms with Gasteiger partial charge in [0.25, 0.3) is 0 Å². The average molecular weight is 495 g/mol. The Hall–Kier alpha value is -1.09. The van der Waals surface area contributed by atoms with Gasteiger partial charge in [-0.1, -0.05) is 109 Å². The molecule has 0 fully saturated rings. The van der Waals surface area contributed by atoms with Crippen molar-refractivity contribution in [2.45, 2.75) is 129 Å². The lowest BCUT2D eigenvalue weighted by molar-refractivity contribution is 0.199. The number of benzene rings is 1. The Balaban J connectivity index is 1.97. The summed E-state index contributed by atoms with van der Waals surface area (Å²) in [6.45, 7) is 4.71. The van der Waals surface area contributed by atoms with Crippen LogP contribution < -0.4 is 4.52 Å². The Morgan fingerprint density at radius 2 is 1.21 bits per heavy atom. The molecule has 1 rings (SSSR count). The maximum Gasteiger partial charge on any atom is 0.527 e. The molecule has 1 atom stereocenters. The molecule has 196 valence electrons. The fourth-order valence-electron chi connectivity index (χ4n) is 3.99. The van der Waals surface area contributed by atoms with Gasteiger partial charge in [-0.2, -0.15) is 0 Å². The largest absolute Gasteiger partial charge is 0.527 e. The summed E-state index contributed by atoms with van der Waals surface area (Å²) in [5.74, 6) is 0.381. The number of allylic oxidation sites excluding steroid dienone is 2. The molecule has 0 bridgehead atoms. The van der Waals surface area contributed by atoms with Gasteiger partial charge in [0.05, 0.1) is 6.61 Å². The predicted octanol–water partition coefficient (Wildman–Crippen LogP) is 9.95. The highest BCUT2D eigenvalue weighted by Gasteiger charge is 2.22. The quantitative estimate of drug-likeness (QED) is 0.0934. The normalized spacial score (nSPS) is 13.4. The van der Waals surface area contributed by atoms with Crippen molar-refractivity contribution >= 4 is 7.82 Å². The number of phosphoric ester groups is 1. The van der Waals surface area contributed by atoms with Crippen LogP contribution in [0.1, 0.15) is 129 Å². The minimum atomic E-state index is -4.05. The third-order valence-electron chi connectivity index (χ3n) is 6.12. The number of hydrogen-bond donors (Lipinski definition) is 1. The van der Waals surface area contributed by atoms with Gasteiger partial charge >= 0.3 is 7.82 Å². The van der Waals surface area contributed by atoms with Crippen molar-refractivity contribution in [3.8, 4) is 5.75 Å². The van der Waals surface area contributed by atoms with Gasteiger partial charge in [-0.15, -0.1) is 0 Å². The fourth-order valence-corrected chi connectivity index (χ4v) is 4.79. The van der Waals surface area contributed by atoms with Crippen LogP contribution in [0, 0.1) is 0 Å². The molecule has 1 unspecified atom stereocenters. The molecule has 1 aromatic rings. The smallest absolute Gasteiger partial charge is 0.404 e. The van der Waals surface area contributed by atoms with E-state index in [1.54, 1.807) is 12.1 Å². The van der Waals surface area contributed by atoms with Crippen LogP contribution in [0.5, 0.6) is 5.75 Å². The Labute approximate surface area is 210 Å². The van der Waals surface area contributed by atoms with Gasteiger partial charge < -0.3 is 4.52 Å². The summed E-state index contributed by atoms with van der Waals surface area (Å²) in [7, 11) is -4.05. The SMILES string of the molecule is CCCCCCCC/C=C\CCCCCCCCOP(=O)(O)Oc1ccc(CCCCC)cc1. The molecule has 5 heteroatoms. The van der Waals surface area contributed by atoms with Crippen molar-refractivity contribution in [2.75, 3.05) is 6.61 Å². The predicted molar refractivity (Wildman–Crippen MR) is 146 cm³/mol. The lowest BCUT2D eigenvalue weighted by Crippen LogP contribution is -1.99. The minimum Gasteiger partial charge on any atom is -0.404 e. The highest BCUT2D eigenvalue weighted by Crippen LogP contribution is 2.44. The zero-order valence-corrected chi connectivity index (χ0v) is 22.9. The summed E-state index contributed by atoms with van der Waals surface area (Å²) >= 11 is 0. The minimum absolute atomic E-state index is 0.254. The highest BCUT2D eigenvalue weighted by molar-refractivity contribution is 7.47. The molecule has 1 aromatic carbocycles. The van der Waals surface area contributed by atoms with E-state index in [2.05, 4.69) is 26.0 Å². The van der Waals surface area contributed by atoms with Crippen molar-refractivity contribution in [2.24, 2.45) is 0 Å². The molecule has 34 heavy (non-hydrogen) atoms. The number of phosphoric acid groups is 1. The fraction of sp³-hybridized carbons (Fsp3) is 0.724. The van der Waals surface area contributed by atoms with Crippen molar-refractivity contribution < 1.29 is 18.5 Å².